The second kappa shape index (κ2) is 10.1. The number of para-hydroxylation sites is 1. The van der Waals surface area contributed by atoms with Crippen molar-refractivity contribution in [2.75, 3.05) is 24.3 Å². The maximum absolute atomic E-state index is 12.1. The molecule has 0 radical (unpaired) electrons. The maximum atomic E-state index is 12.1. The average molecular weight is 429 g/mol. The van der Waals surface area contributed by atoms with Crippen LogP contribution < -0.4 is 16.0 Å². The zero-order valence-electron chi connectivity index (χ0n) is 17.2. The first-order valence-electron chi connectivity index (χ1n) is 9.70. The van der Waals surface area contributed by atoms with Crippen LogP contribution in [0.3, 0.4) is 0 Å². The van der Waals surface area contributed by atoms with Crippen molar-refractivity contribution in [1.29, 1.82) is 0 Å². The van der Waals surface area contributed by atoms with E-state index in [0.29, 0.717) is 47.5 Å². The molecular weight excluding hydrogens is 404 g/mol. The van der Waals surface area contributed by atoms with E-state index < -0.39 is 0 Å². The van der Waals surface area contributed by atoms with Gasteiger partial charge in [-0.25, -0.2) is 9.67 Å². The number of nitrogens with one attached hydrogen (secondary N) is 3. The van der Waals surface area contributed by atoms with Gasteiger partial charge in [-0.05, 0) is 26.0 Å². The molecule has 1 amide bonds. The summed E-state index contributed by atoms with van der Waals surface area (Å²) in [5, 5.41) is 14.1. The lowest BCUT2D eigenvalue weighted by Crippen LogP contribution is -2.19. The molecule has 1 aromatic carbocycles. The van der Waals surface area contributed by atoms with E-state index >= 15 is 0 Å². The van der Waals surface area contributed by atoms with Crippen LogP contribution in [0.2, 0.25) is 5.02 Å². The molecule has 2 aromatic heterocycles. The normalized spacial score (nSPS) is 10.7. The van der Waals surface area contributed by atoms with Crippen LogP contribution in [-0.4, -0.2) is 34.3 Å². The van der Waals surface area contributed by atoms with Crippen LogP contribution in [0.1, 0.15) is 29.9 Å². The van der Waals surface area contributed by atoms with Gasteiger partial charge in [-0.1, -0.05) is 23.7 Å². The summed E-state index contributed by atoms with van der Waals surface area (Å²) in [7, 11) is 1.59. The molecule has 0 spiro atoms. The van der Waals surface area contributed by atoms with Gasteiger partial charge in [0.15, 0.2) is 0 Å². The predicted octanol–water partition coefficient (Wildman–Crippen LogP) is 4.33. The van der Waals surface area contributed by atoms with Gasteiger partial charge in [0.25, 0.3) is 5.91 Å². The number of amides is 1. The molecule has 0 unspecified atom stereocenters. The lowest BCUT2D eigenvalue weighted by atomic mass is 10.1. The Labute approximate surface area is 180 Å². The smallest absolute Gasteiger partial charge is 0.253 e. The van der Waals surface area contributed by atoms with Gasteiger partial charge in [0.1, 0.15) is 11.6 Å². The third-order valence-electron chi connectivity index (χ3n) is 4.36. The fourth-order valence-electron chi connectivity index (χ4n) is 2.89. The largest absolute Gasteiger partial charge is 0.375 e. The number of ether oxygens (including phenoxy) is 1. The van der Waals surface area contributed by atoms with Crippen molar-refractivity contribution in [3.05, 3.63) is 58.9 Å². The van der Waals surface area contributed by atoms with E-state index in [1.807, 2.05) is 42.8 Å². The Balaban J connectivity index is 1.85. The van der Waals surface area contributed by atoms with Crippen molar-refractivity contribution >= 4 is 40.5 Å². The Kier molecular flexibility index (Phi) is 7.26. The second-order valence-electron chi connectivity index (χ2n) is 6.40. The Bertz CT molecular complexity index is 1020. The highest BCUT2D eigenvalue weighted by Crippen LogP contribution is 2.30. The van der Waals surface area contributed by atoms with E-state index in [1.165, 1.54) is 0 Å². The number of aromatic nitrogens is 3. The summed E-state index contributed by atoms with van der Waals surface area (Å²) in [6.07, 6.45) is 1.56. The van der Waals surface area contributed by atoms with Gasteiger partial charge in [-0.3, -0.25) is 4.79 Å². The highest BCUT2D eigenvalue weighted by Gasteiger charge is 2.13. The summed E-state index contributed by atoms with van der Waals surface area (Å²) in [5.41, 5.74) is 2.64. The number of carbonyl (C=O) groups is 1. The van der Waals surface area contributed by atoms with Crippen molar-refractivity contribution in [3.8, 4) is 0 Å². The molecule has 0 fully saturated rings. The van der Waals surface area contributed by atoms with E-state index in [1.54, 1.807) is 25.4 Å². The van der Waals surface area contributed by atoms with E-state index in [0.717, 1.165) is 11.5 Å². The second-order valence-corrected chi connectivity index (χ2v) is 6.81. The van der Waals surface area contributed by atoms with Crippen LogP contribution in [0.5, 0.6) is 0 Å². The van der Waals surface area contributed by atoms with Crippen LogP contribution in [0.25, 0.3) is 0 Å². The quantitative estimate of drug-likeness (QED) is 0.469. The summed E-state index contributed by atoms with van der Waals surface area (Å²) in [6.45, 7) is 5.75. The minimum absolute atomic E-state index is 0.185. The molecule has 0 saturated carbocycles. The maximum Gasteiger partial charge on any atom is 0.253 e. The van der Waals surface area contributed by atoms with Gasteiger partial charge in [0, 0.05) is 32.3 Å². The zero-order valence-corrected chi connectivity index (χ0v) is 18.0. The van der Waals surface area contributed by atoms with E-state index in [2.05, 4.69) is 26.0 Å². The fraction of sp³-hybridized carbons (Fsp3) is 0.286. The summed E-state index contributed by atoms with van der Waals surface area (Å²) in [4.78, 5) is 16.5. The molecule has 3 rings (SSSR count). The highest BCUT2D eigenvalue weighted by molar-refractivity contribution is 6.33. The Hall–Kier alpha value is -3.10. The predicted molar refractivity (Wildman–Crippen MR) is 119 cm³/mol. The number of pyridine rings is 1. The van der Waals surface area contributed by atoms with Crippen molar-refractivity contribution in [2.24, 2.45) is 0 Å². The topological polar surface area (TPSA) is 93.1 Å². The fourth-order valence-corrected chi connectivity index (χ4v) is 3.04. The van der Waals surface area contributed by atoms with Gasteiger partial charge < -0.3 is 20.7 Å². The number of hydrogen-bond donors (Lipinski definition) is 3. The molecule has 0 aliphatic carbocycles. The summed E-state index contributed by atoms with van der Waals surface area (Å²) < 4.78 is 7.29. The third-order valence-corrected chi connectivity index (χ3v) is 4.66. The SMILES string of the molecule is CCOCc1cc(Nc2cc(Nc3ccccc3C(=O)NC)c(Cl)cn2)n(CC)n1. The lowest BCUT2D eigenvalue weighted by Gasteiger charge is -2.14. The number of hydrogen-bond acceptors (Lipinski definition) is 6. The molecule has 0 atom stereocenters. The number of halogens is 1. The van der Waals surface area contributed by atoms with Crippen LogP contribution >= 0.6 is 11.6 Å². The molecule has 0 aliphatic rings. The first-order valence-corrected chi connectivity index (χ1v) is 10.1. The van der Waals surface area contributed by atoms with Gasteiger partial charge in [-0.2, -0.15) is 5.10 Å². The van der Waals surface area contributed by atoms with E-state index in [4.69, 9.17) is 16.3 Å². The molecule has 9 heteroatoms. The molecule has 30 heavy (non-hydrogen) atoms. The number of anilines is 4. The lowest BCUT2D eigenvalue weighted by molar-refractivity contribution is 0.0964. The summed E-state index contributed by atoms with van der Waals surface area (Å²) in [5.74, 6) is 1.21. The molecular formula is C21H25ClN6O2. The first kappa shape index (κ1) is 21.6. The molecule has 2 heterocycles. The number of aryl methyl sites for hydroxylation is 1. The van der Waals surface area contributed by atoms with Crippen molar-refractivity contribution in [1.82, 2.24) is 20.1 Å². The summed E-state index contributed by atoms with van der Waals surface area (Å²) in [6, 6.07) is 10.9. The third kappa shape index (κ3) is 5.08. The molecule has 8 nitrogen and oxygen atoms in total. The molecule has 3 N–H and O–H groups in total. The van der Waals surface area contributed by atoms with Crippen LogP contribution in [0.15, 0.2) is 42.6 Å². The first-order chi connectivity index (χ1) is 14.5. The van der Waals surface area contributed by atoms with Crippen molar-refractivity contribution in [2.45, 2.75) is 27.0 Å². The number of rotatable bonds is 9. The Morgan fingerprint density at radius 3 is 2.70 bits per heavy atom. The van der Waals surface area contributed by atoms with Crippen LogP contribution in [0, 0.1) is 0 Å². The Morgan fingerprint density at radius 1 is 1.17 bits per heavy atom. The Morgan fingerprint density at radius 2 is 1.97 bits per heavy atom. The summed E-state index contributed by atoms with van der Waals surface area (Å²) >= 11 is 6.35. The number of nitrogens with zero attached hydrogens (tertiary/aromatic N) is 3. The average Bonchev–Trinajstić information content (AvgIpc) is 3.16. The van der Waals surface area contributed by atoms with Crippen LogP contribution in [-0.2, 0) is 17.9 Å². The molecule has 158 valence electrons. The highest BCUT2D eigenvalue weighted by atomic mass is 35.5. The van der Waals surface area contributed by atoms with Crippen molar-refractivity contribution in [3.63, 3.8) is 0 Å². The van der Waals surface area contributed by atoms with Gasteiger partial charge in [-0.15, -0.1) is 0 Å². The van der Waals surface area contributed by atoms with Gasteiger partial charge in [0.05, 0.1) is 40.5 Å². The van der Waals surface area contributed by atoms with Gasteiger partial charge in [0.2, 0.25) is 0 Å². The van der Waals surface area contributed by atoms with E-state index in [-0.39, 0.29) is 5.91 Å². The minimum atomic E-state index is -0.185. The molecule has 0 bridgehead atoms. The monoisotopic (exact) mass is 428 g/mol. The minimum Gasteiger partial charge on any atom is -0.375 e. The number of benzene rings is 1. The standard InChI is InChI=1S/C21H25ClN6O2/c1-4-28-20(10-14(27-28)13-30-5-2)26-19-11-18(16(22)12-24-19)25-17-9-7-6-8-15(17)21(29)23-3/h6-12H,4-5,13H2,1-3H3,(H,23,29)(H2,24,25,26). The van der Waals surface area contributed by atoms with Gasteiger partial charge >= 0.3 is 0 Å². The molecule has 0 aliphatic heterocycles. The van der Waals surface area contributed by atoms with E-state index in [9.17, 15) is 4.79 Å². The zero-order chi connectivity index (χ0) is 21.5. The number of carbonyl (C=O) groups excluding carboxylic acids is 1. The van der Waals surface area contributed by atoms with Crippen molar-refractivity contribution < 1.29 is 9.53 Å². The molecule has 3 aromatic rings. The van der Waals surface area contributed by atoms with Crippen LogP contribution in [0.4, 0.5) is 23.0 Å². The molecule has 0 saturated heterocycles.